The Bertz CT molecular complexity index is 716. The van der Waals surface area contributed by atoms with Gasteiger partial charge in [-0.05, 0) is 25.7 Å². The van der Waals surface area contributed by atoms with Crippen molar-refractivity contribution in [1.29, 1.82) is 0 Å². The summed E-state index contributed by atoms with van der Waals surface area (Å²) in [6.07, 6.45) is 7.00. The number of amides is 1. The van der Waals surface area contributed by atoms with Gasteiger partial charge in [0.15, 0.2) is 11.7 Å². The average molecular weight is 428 g/mol. The van der Waals surface area contributed by atoms with Crippen LogP contribution in [0.5, 0.6) is 0 Å². The van der Waals surface area contributed by atoms with E-state index in [1.165, 1.54) is 32.1 Å². The number of hydrogen-bond acceptors (Lipinski definition) is 4. The molecule has 1 fully saturated rings. The molecule has 1 amide bonds. The average Bonchev–Trinajstić information content (AvgIpc) is 3.06. The first-order valence-electron chi connectivity index (χ1n) is 9.68. The number of hydrogen-bond donors (Lipinski definition) is 2. The van der Waals surface area contributed by atoms with Gasteiger partial charge in [-0.25, -0.2) is 4.98 Å². The summed E-state index contributed by atoms with van der Waals surface area (Å²) in [7, 11) is 0. The van der Waals surface area contributed by atoms with E-state index in [1.807, 2.05) is 37.3 Å². The van der Waals surface area contributed by atoms with Gasteiger partial charge in [-0.1, -0.05) is 49.6 Å². The zero-order chi connectivity index (χ0) is 18.4. The van der Waals surface area contributed by atoms with Crippen molar-refractivity contribution in [2.45, 2.75) is 57.9 Å². The van der Waals surface area contributed by atoms with Gasteiger partial charge in [0.05, 0.1) is 5.69 Å². The third-order valence-electron chi connectivity index (χ3n) is 5.26. The number of halogens is 2. The Balaban J connectivity index is 0.00000196. The lowest BCUT2D eigenvalue weighted by molar-refractivity contribution is -0.122. The normalized spacial score (nSPS) is 15.2. The third-order valence-corrected chi connectivity index (χ3v) is 5.26. The Labute approximate surface area is 179 Å². The Morgan fingerprint density at radius 2 is 1.89 bits per heavy atom. The fraction of sp³-hybridized carbons (Fsp3) is 0.524. The Morgan fingerprint density at radius 3 is 2.54 bits per heavy atom. The van der Waals surface area contributed by atoms with Gasteiger partial charge in [0.25, 0.3) is 0 Å². The molecular formula is C21H31Cl2N3O2. The molecule has 0 bridgehead atoms. The zero-order valence-electron chi connectivity index (χ0n) is 16.4. The Morgan fingerprint density at radius 1 is 1.21 bits per heavy atom. The van der Waals surface area contributed by atoms with Crippen molar-refractivity contribution in [3.05, 3.63) is 41.9 Å². The van der Waals surface area contributed by atoms with Crippen LogP contribution in [0.3, 0.4) is 0 Å². The van der Waals surface area contributed by atoms with Gasteiger partial charge in [0, 0.05) is 31.0 Å². The van der Waals surface area contributed by atoms with Gasteiger partial charge in [-0.3, -0.25) is 4.79 Å². The molecule has 3 rings (SSSR count). The number of nitrogens with two attached hydrogens (primary N) is 1. The maximum atomic E-state index is 12.4. The quantitative estimate of drug-likeness (QED) is 0.683. The molecule has 1 saturated carbocycles. The lowest BCUT2D eigenvalue weighted by Gasteiger charge is -2.30. The molecule has 3 N–H and O–H groups in total. The third kappa shape index (κ3) is 6.50. The highest BCUT2D eigenvalue weighted by Gasteiger charge is 2.24. The number of nitrogens with one attached hydrogen (secondary N) is 1. The minimum absolute atomic E-state index is 0. The first kappa shape index (κ1) is 24.5. The van der Waals surface area contributed by atoms with Crippen molar-refractivity contribution in [3.8, 4) is 11.3 Å². The molecule has 0 spiro atoms. The molecule has 5 nitrogen and oxygen atoms in total. The number of nitrogens with zero attached hydrogens (tertiary/aromatic N) is 1. The lowest BCUT2D eigenvalue weighted by Crippen LogP contribution is -2.46. The lowest BCUT2D eigenvalue weighted by atomic mass is 9.84. The molecule has 1 aromatic carbocycles. The molecule has 156 valence electrons. The van der Waals surface area contributed by atoms with E-state index in [0.717, 1.165) is 17.0 Å². The van der Waals surface area contributed by atoms with Crippen molar-refractivity contribution in [1.82, 2.24) is 10.3 Å². The summed E-state index contributed by atoms with van der Waals surface area (Å²) in [4.78, 5) is 16.8. The SMILES string of the molecule is Cc1nc(CCC(=O)NC(CN)C2CCCCC2)oc1-c1ccccc1.Cl.Cl. The molecule has 1 aliphatic rings. The molecule has 28 heavy (non-hydrogen) atoms. The fourth-order valence-electron chi connectivity index (χ4n) is 3.82. The first-order chi connectivity index (χ1) is 12.7. The maximum Gasteiger partial charge on any atom is 0.220 e. The topological polar surface area (TPSA) is 81.2 Å². The molecule has 1 aliphatic carbocycles. The van der Waals surface area contributed by atoms with Crippen LogP contribution in [0, 0.1) is 12.8 Å². The van der Waals surface area contributed by atoms with Gasteiger partial charge >= 0.3 is 0 Å². The van der Waals surface area contributed by atoms with Crippen LogP contribution in [0.1, 0.15) is 50.1 Å². The van der Waals surface area contributed by atoms with Gasteiger partial charge in [0.1, 0.15) is 0 Å². The summed E-state index contributed by atoms with van der Waals surface area (Å²) in [5.74, 6) is 1.94. The van der Waals surface area contributed by atoms with Crippen LogP contribution in [0.2, 0.25) is 0 Å². The molecule has 1 atom stereocenters. The summed E-state index contributed by atoms with van der Waals surface area (Å²) < 4.78 is 5.88. The van der Waals surface area contributed by atoms with Crippen molar-refractivity contribution < 1.29 is 9.21 Å². The van der Waals surface area contributed by atoms with Crippen LogP contribution in [0.15, 0.2) is 34.7 Å². The summed E-state index contributed by atoms with van der Waals surface area (Å²) in [6, 6.07) is 10.0. The molecule has 1 heterocycles. The summed E-state index contributed by atoms with van der Waals surface area (Å²) in [5, 5.41) is 3.13. The van der Waals surface area contributed by atoms with E-state index in [9.17, 15) is 4.79 Å². The van der Waals surface area contributed by atoms with E-state index in [0.29, 0.717) is 31.2 Å². The molecule has 0 saturated heterocycles. The number of carbonyl (C=O) groups is 1. The number of aryl methyl sites for hydroxylation is 2. The molecular weight excluding hydrogens is 397 g/mol. The van der Waals surface area contributed by atoms with Gasteiger partial charge in [0.2, 0.25) is 5.91 Å². The predicted octanol–water partition coefficient (Wildman–Crippen LogP) is 4.45. The number of oxazole rings is 1. The summed E-state index contributed by atoms with van der Waals surface area (Å²) >= 11 is 0. The van der Waals surface area contributed by atoms with E-state index in [1.54, 1.807) is 0 Å². The molecule has 2 aromatic rings. The van der Waals surface area contributed by atoms with Crippen LogP contribution < -0.4 is 11.1 Å². The highest BCUT2D eigenvalue weighted by Crippen LogP contribution is 2.27. The summed E-state index contributed by atoms with van der Waals surface area (Å²) in [5.41, 5.74) is 7.76. The van der Waals surface area contributed by atoms with E-state index < -0.39 is 0 Å². The number of carbonyl (C=O) groups excluding carboxylic acids is 1. The van der Waals surface area contributed by atoms with Crippen LogP contribution in [0.25, 0.3) is 11.3 Å². The number of benzene rings is 1. The van der Waals surface area contributed by atoms with Gasteiger partial charge in [-0.15, -0.1) is 24.8 Å². The van der Waals surface area contributed by atoms with Crippen molar-refractivity contribution in [2.24, 2.45) is 11.7 Å². The minimum atomic E-state index is 0. The molecule has 0 radical (unpaired) electrons. The molecule has 7 heteroatoms. The van der Waals surface area contributed by atoms with Crippen molar-refractivity contribution in [2.75, 3.05) is 6.54 Å². The fourth-order valence-corrected chi connectivity index (χ4v) is 3.82. The second-order valence-corrected chi connectivity index (χ2v) is 7.20. The second kappa shape index (κ2) is 12.1. The van der Waals surface area contributed by atoms with Crippen molar-refractivity contribution >= 4 is 30.7 Å². The largest absolute Gasteiger partial charge is 0.440 e. The molecule has 1 unspecified atom stereocenters. The van der Waals surface area contributed by atoms with Crippen LogP contribution in [-0.4, -0.2) is 23.5 Å². The van der Waals surface area contributed by atoms with E-state index in [2.05, 4.69) is 10.3 Å². The smallest absolute Gasteiger partial charge is 0.220 e. The van der Waals surface area contributed by atoms with Crippen LogP contribution in [0.4, 0.5) is 0 Å². The standard InChI is InChI=1S/C21H29N3O2.2ClH/c1-15-21(17-10-6-3-7-11-17)26-20(23-15)13-12-19(25)24-18(14-22)16-8-4-2-5-9-16;;/h3,6-7,10-11,16,18H,2,4-5,8-9,12-14,22H2,1H3,(H,24,25);2*1H. The van der Waals surface area contributed by atoms with Crippen molar-refractivity contribution in [3.63, 3.8) is 0 Å². The van der Waals surface area contributed by atoms with E-state index >= 15 is 0 Å². The monoisotopic (exact) mass is 427 g/mol. The highest BCUT2D eigenvalue weighted by molar-refractivity contribution is 5.85. The second-order valence-electron chi connectivity index (χ2n) is 7.20. The number of rotatable bonds is 7. The van der Waals surface area contributed by atoms with Gasteiger partial charge < -0.3 is 15.5 Å². The highest BCUT2D eigenvalue weighted by atomic mass is 35.5. The Kier molecular flexibility index (Phi) is 10.6. The summed E-state index contributed by atoms with van der Waals surface area (Å²) in [6.45, 7) is 2.44. The number of aromatic nitrogens is 1. The minimum Gasteiger partial charge on any atom is -0.440 e. The van der Waals surface area contributed by atoms with Gasteiger partial charge in [-0.2, -0.15) is 0 Å². The molecule has 1 aromatic heterocycles. The Hall–Kier alpha value is -1.56. The first-order valence-corrected chi connectivity index (χ1v) is 9.68. The van der Waals surface area contributed by atoms with E-state index in [4.69, 9.17) is 10.2 Å². The zero-order valence-corrected chi connectivity index (χ0v) is 18.0. The van der Waals surface area contributed by atoms with Crippen LogP contribution in [-0.2, 0) is 11.2 Å². The maximum absolute atomic E-state index is 12.4. The van der Waals surface area contributed by atoms with E-state index in [-0.39, 0.29) is 36.8 Å². The molecule has 0 aliphatic heterocycles. The predicted molar refractivity (Wildman–Crippen MR) is 117 cm³/mol. The van der Waals surface area contributed by atoms with Crippen LogP contribution >= 0.6 is 24.8 Å².